The van der Waals surface area contributed by atoms with Crippen LogP contribution in [-0.4, -0.2) is 29.3 Å². The molecule has 0 bridgehead atoms. The molecule has 2 atom stereocenters. The summed E-state index contributed by atoms with van der Waals surface area (Å²) in [4.78, 5) is 38.5. The first-order chi connectivity index (χ1) is 14.2. The number of halogens is 2. The maximum atomic E-state index is 14.2. The van der Waals surface area contributed by atoms with Crippen molar-refractivity contribution in [3.05, 3.63) is 70.8 Å². The summed E-state index contributed by atoms with van der Waals surface area (Å²) in [7, 11) is 0. The van der Waals surface area contributed by atoms with E-state index in [1.165, 1.54) is 6.92 Å². The number of imide groups is 1. The van der Waals surface area contributed by atoms with Crippen LogP contribution in [-0.2, 0) is 15.1 Å². The van der Waals surface area contributed by atoms with Gasteiger partial charge in [-0.05, 0) is 44.0 Å². The van der Waals surface area contributed by atoms with Crippen LogP contribution in [0.2, 0.25) is 0 Å². The molecule has 0 aromatic heterocycles. The standard InChI is InChI=1S/C22H23F2N3O3/c1-4-18(14-7-5-13(2)6-8-14)25-19(28)12-27-20(29)22(3,26-21(27)30)16-11-15(23)9-10-17(16)24/h5-11,18H,4,12H2,1-3H3,(H,25,28)(H,26,30)/t18-,22+/m1/s1. The van der Waals surface area contributed by atoms with Gasteiger partial charge in [-0.25, -0.2) is 13.6 Å². The number of benzene rings is 2. The second kappa shape index (κ2) is 8.22. The van der Waals surface area contributed by atoms with Crippen molar-refractivity contribution in [2.24, 2.45) is 0 Å². The molecular formula is C22H23F2N3O3. The largest absolute Gasteiger partial charge is 0.348 e. The molecule has 30 heavy (non-hydrogen) atoms. The van der Waals surface area contributed by atoms with Gasteiger partial charge in [-0.2, -0.15) is 0 Å². The van der Waals surface area contributed by atoms with Gasteiger partial charge in [0, 0.05) is 5.56 Å². The predicted octanol–water partition coefficient (Wildman–Crippen LogP) is 3.31. The van der Waals surface area contributed by atoms with Crippen LogP contribution in [0.25, 0.3) is 0 Å². The van der Waals surface area contributed by atoms with E-state index in [1.54, 1.807) is 0 Å². The van der Waals surface area contributed by atoms with Crippen LogP contribution < -0.4 is 10.6 Å². The van der Waals surface area contributed by atoms with Gasteiger partial charge in [0.1, 0.15) is 23.7 Å². The number of amides is 4. The molecule has 0 unspecified atom stereocenters. The molecule has 2 N–H and O–H groups in total. The van der Waals surface area contributed by atoms with Crippen molar-refractivity contribution in [3.8, 4) is 0 Å². The van der Waals surface area contributed by atoms with Gasteiger partial charge in [-0.3, -0.25) is 14.5 Å². The minimum Gasteiger partial charge on any atom is -0.348 e. The van der Waals surface area contributed by atoms with Gasteiger partial charge in [-0.15, -0.1) is 0 Å². The zero-order chi connectivity index (χ0) is 22.1. The van der Waals surface area contributed by atoms with Crippen molar-refractivity contribution in [2.75, 3.05) is 6.54 Å². The van der Waals surface area contributed by atoms with Gasteiger partial charge >= 0.3 is 6.03 Å². The van der Waals surface area contributed by atoms with Crippen molar-refractivity contribution >= 4 is 17.8 Å². The van der Waals surface area contributed by atoms with E-state index in [9.17, 15) is 23.2 Å². The Morgan fingerprint density at radius 2 is 1.83 bits per heavy atom. The van der Waals surface area contributed by atoms with Crippen LogP contribution in [0.4, 0.5) is 13.6 Å². The molecule has 2 aromatic rings. The average molecular weight is 415 g/mol. The summed E-state index contributed by atoms with van der Waals surface area (Å²) in [6.07, 6.45) is 0.612. The lowest BCUT2D eigenvalue weighted by molar-refractivity contribution is -0.135. The third-order valence-corrected chi connectivity index (χ3v) is 5.27. The highest BCUT2D eigenvalue weighted by Gasteiger charge is 2.50. The number of nitrogens with zero attached hydrogens (tertiary/aromatic N) is 1. The number of aryl methyl sites for hydroxylation is 1. The molecule has 8 heteroatoms. The van der Waals surface area contributed by atoms with E-state index in [0.717, 1.165) is 29.3 Å². The van der Waals surface area contributed by atoms with Crippen LogP contribution in [0.5, 0.6) is 0 Å². The average Bonchev–Trinajstić information content (AvgIpc) is 2.92. The number of rotatable bonds is 6. The maximum Gasteiger partial charge on any atom is 0.325 e. The molecule has 0 spiro atoms. The first-order valence-corrected chi connectivity index (χ1v) is 9.61. The van der Waals surface area contributed by atoms with E-state index in [1.807, 2.05) is 38.1 Å². The fourth-order valence-corrected chi connectivity index (χ4v) is 3.51. The molecule has 0 saturated carbocycles. The molecule has 158 valence electrons. The monoisotopic (exact) mass is 415 g/mol. The summed E-state index contributed by atoms with van der Waals surface area (Å²) in [5.74, 6) is -2.93. The molecule has 4 amide bonds. The summed E-state index contributed by atoms with van der Waals surface area (Å²) in [5, 5.41) is 5.19. The van der Waals surface area contributed by atoms with Crippen molar-refractivity contribution in [1.82, 2.24) is 15.5 Å². The van der Waals surface area contributed by atoms with Crippen LogP contribution in [0.1, 0.15) is 43.0 Å². The fourth-order valence-electron chi connectivity index (χ4n) is 3.51. The summed E-state index contributed by atoms with van der Waals surface area (Å²) in [6, 6.07) is 9.21. The summed E-state index contributed by atoms with van der Waals surface area (Å²) >= 11 is 0. The molecule has 2 aromatic carbocycles. The molecule has 1 aliphatic rings. The van der Waals surface area contributed by atoms with Crippen molar-refractivity contribution < 1.29 is 23.2 Å². The van der Waals surface area contributed by atoms with Crippen LogP contribution >= 0.6 is 0 Å². The molecule has 3 rings (SSSR count). The number of nitrogens with one attached hydrogen (secondary N) is 2. The third-order valence-electron chi connectivity index (χ3n) is 5.27. The Kier molecular flexibility index (Phi) is 5.87. The van der Waals surface area contributed by atoms with Gasteiger partial charge in [0.15, 0.2) is 0 Å². The lowest BCUT2D eigenvalue weighted by atomic mass is 9.91. The third kappa shape index (κ3) is 4.03. The van der Waals surface area contributed by atoms with E-state index >= 15 is 0 Å². The fraction of sp³-hybridized carbons (Fsp3) is 0.318. The zero-order valence-corrected chi connectivity index (χ0v) is 17.0. The van der Waals surface area contributed by atoms with Crippen molar-refractivity contribution in [1.29, 1.82) is 0 Å². The second-order valence-electron chi connectivity index (χ2n) is 7.51. The number of carbonyl (C=O) groups excluding carboxylic acids is 3. The predicted molar refractivity (Wildman–Crippen MR) is 106 cm³/mol. The smallest absolute Gasteiger partial charge is 0.325 e. The summed E-state index contributed by atoms with van der Waals surface area (Å²) in [5.41, 5.74) is -0.108. The molecule has 1 heterocycles. The Bertz CT molecular complexity index is 994. The zero-order valence-electron chi connectivity index (χ0n) is 17.0. The normalized spacial score (nSPS) is 19.6. The van der Waals surface area contributed by atoms with Gasteiger partial charge in [-0.1, -0.05) is 36.8 Å². The summed E-state index contributed by atoms with van der Waals surface area (Å²) in [6.45, 7) is 4.62. The van der Waals surface area contributed by atoms with Crippen LogP contribution in [0, 0.1) is 18.6 Å². The van der Waals surface area contributed by atoms with E-state index in [4.69, 9.17) is 0 Å². The van der Waals surface area contributed by atoms with Gasteiger partial charge in [0.25, 0.3) is 5.91 Å². The summed E-state index contributed by atoms with van der Waals surface area (Å²) < 4.78 is 27.8. The Labute approximate surface area is 173 Å². The van der Waals surface area contributed by atoms with Gasteiger partial charge in [0.2, 0.25) is 5.91 Å². The van der Waals surface area contributed by atoms with Gasteiger partial charge < -0.3 is 10.6 Å². The minimum atomic E-state index is -1.80. The first kappa shape index (κ1) is 21.4. The van der Waals surface area contributed by atoms with E-state index < -0.39 is 41.6 Å². The molecule has 1 saturated heterocycles. The van der Waals surface area contributed by atoms with Crippen LogP contribution in [0.15, 0.2) is 42.5 Å². The Morgan fingerprint density at radius 1 is 1.17 bits per heavy atom. The van der Waals surface area contributed by atoms with Crippen molar-refractivity contribution in [2.45, 2.75) is 38.8 Å². The molecule has 6 nitrogen and oxygen atoms in total. The topological polar surface area (TPSA) is 78.5 Å². The maximum absolute atomic E-state index is 14.2. The van der Waals surface area contributed by atoms with Gasteiger partial charge in [0.05, 0.1) is 6.04 Å². The number of carbonyl (C=O) groups is 3. The van der Waals surface area contributed by atoms with E-state index in [-0.39, 0.29) is 11.6 Å². The number of hydrogen-bond acceptors (Lipinski definition) is 3. The quantitative estimate of drug-likeness (QED) is 0.711. The Balaban J connectivity index is 1.75. The first-order valence-electron chi connectivity index (χ1n) is 9.61. The molecule has 0 radical (unpaired) electrons. The lowest BCUT2D eigenvalue weighted by Gasteiger charge is -2.23. The molecule has 1 aliphatic heterocycles. The van der Waals surface area contributed by atoms with E-state index in [2.05, 4.69) is 10.6 Å². The second-order valence-corrected chi connectivity index (χ2v) is 7.51. The minimum absolute atomic E-state index is 0.286. The highest BCUT2D eigenvalue weighted by Crippen LogP contribution is 2.31. The number of urea groups is 1. The van der Waals surface area contributed by atoms with Crippen molar-refractivity contribution in [3.63, 3.8) is 0 Å². The Morgan fingerprint density at radius 3 is 2.47 bits per heavy atom. The molecule has 0 aliphatic carbocycles. The highest BCUT2D eigenvalue weighted by atomic mass is 19.1. The van der Waals surface area contributed by atoms with E-state index in [0.29, 0.717) is 11.3 Å². The highest BCUT2D eigenvalue weighted by molar-refractivity contribution is 6.09. The number of hydrogen-bond donors (Lipinski definition) is 2. The SMILES string of the molecule is CC[C@@H](NC(=O)CN1C(=O)N[C@@](C)(c2cc(F)ccc2F)C1=O)c1ccc(C)cc1. The molecule has 1 fully saturated rings. The lowest BCUT2D eigenvalue weighted by Crippen LogP contribution is -2.44. The van der Waals surface area contributed by atoms with Crippen LogP contribution in [0.3, 0.4) is 0 Å². The Hall–Kier alpha value is -3.29. The molecular weight excluding hydrogens is 392 g/mol.